The number of rotatable bonds is 6. The summed E-state index contributed by atoms with van der Waals surface area (Å²) in [4.78, 5) is 28.2. The molecule has 1 amide bonds. The lowest BCUT2D eigenvalue weighted by molar-refractivity contribution is -0.385. The van der Waals surface area contributed by atoms with Gasteiger partial charge in [0.25, 0.3) is 11.6 Å². The van der Waals surface area contributed by atoms with Crippen molar-refractivity contribution in [1.29, 1.82) is 0 Å². The number of fused-ring (bicyclic) bond motifs is 1. The fourth-order valence-electron chi connectivity index (χ4n) is 2.91. The molecular formula is C20H20ClN3O4S. The molecule has 0 bridgehead atoms. The number of nitro benzene ring substituents is 1. The lowest BCUT2D eigenvalue weighted by Gasteiger charge is -2.07. The summed E-state index contributed by atoms with van der Waals surface area (Å²) in [5, 5.41) is 11.5. The van der Waals surface area contributed by atoms with Gasteiger partial charge in [-0.15, -0.1) is 0 Å². The van der Waals surface area contributed by atoms with Crippen LogP contribution in [0.15, 0.2) is 35.3 Å². The van der Waals surface area contributed by atoms with Crippen LogP contribution in [0.4, 0.5) is 5.69 Å². The van der Waals surface area contributed by atoms with E-state index in [1.807, 2.05) is 25.3 Å². The van der Waals surface area contributed by atoms with E-state index in [1.165, 1.54) is 29.5 Å². The third kappa shape index (κ3) is 4.55. The molecule has 9 heteroatoms. The van der Waals surface area contributed by atoms with Crippen LogP contribution >= 0.6 is 22.9 Å². The van der Waals surface area contributed by atoms with Crippen molar-refractivity contribution in [3.8, 4) is 0 Å². The normalized spacial score (nSPS) is 11.9. The number of benzene rings is 2. The molecule has 0 saturated heterocycles. The van der Waals surface area contributed by atoms with E-state index in [2.05, 4.69) is 17.1 Å². The SMILES string of the molecule is CCOCCn1c(=NC(=O)c2cc(Cl)ccc2[N+](=O)[O-])sc2cc(C)c(C)cc21. The molecule has 1 heterocycles. The minimum absolute atomic E-state index is 0.135. The zero-order chi connectivity index (χ0) is 21.1. The number of amides is 1. The molecule has 1 aromatic heterocycles. The molecule has 3 aromatic rings. The summed E-state index contributed by atoms with van der Waals surface area (Å²) in [6, 6.07) is 7.98. The fourth-order valence-corrected chi connectivity index (χ4v) is 4.22. The first-order valence-electron chi connectivity index (χ1n) is 9.03. The standard InChI is InChI=1S/C20H20ClN3O4S/c1-4-28-8-7-23-17-9-12(2)13(3)10-18(17)29-20(23)22-19(25)15-11-14(21)5-6-16(15)24(26)27/h5-6,9-11H,4,7-8H2,1-3H3. The zero-order valence-corrected chi connectivity index (χ0v) is 17.8. The van der Waals surface area contributed by atoms with Crippen LogP contribution in [0.3, 0.4) is 0 Å². The van der Waals surface area contributed by atoms with Crippen LogP contribution in [0.25, 0.3) is 10.2 Å². The molecular weight excluding hydrogens is 414 g/mol. The van der Waals surface area contributed by atoms with E-state index in [0.717, 1.165) is 21.3 Å². The van der Waals surface area contributed by atoms with Gasteiger partial charge in [-0.3, -0.25) is 14.9 Å². The van der Waals surface area contributed by atoms with Crippen molar-refractivity contribution in [3.05, 3.63) is 67.0 Å². The van der Waals surface area contributed by atoms with Gasteiger partial charge in [0.1, 0.15) is 5.56 Å². The van der Waals surface area contributed by atoms with Gasteiger partial charge in [-0.2, -0.15) is 4.99 Å². The van der Waals surface area contributed by atoms with Crippen molar-refractivity contribution < 1.29 is 14.5 Å². The molecule has 0 unspecified atom stereocenters. The number of hydrogen-bond donors (Lipinski definition) is 0. The van der Waals surface area contributed by atoms with Gasteiger partial charge >= 0.3 is 0 Å². The van der Waals surface area contributed by atoms with Crippen molar-refractivity contribution in [1.82, 2.24) is 4.57 Å². The number of nitrogens with zero attached hydrogens (tertiary/aromatic N) is 3. The van der Waals surface area contributed by atoms with E-state index < -0.39 is 10.8 Å². The minimum Gasteiger partial charge on any atom is -0.380 e. The van der Waals surface area contributed by atoms with Gasteiger partial charge in [-0.25, -0.2) is 0 Å². The van der Waals surface area contributed by atoms with Crippen LogP contribution in [-0.4, -0.2) is 28.6 Å². The summed E-state index contributed by atoms with van der Waals surface area (Å²) >= 11 is 7.31. The first kappa shape index (κ1) is 21.2. The second-order valence-electron chi connectivity index (χ2n) is 6.47. The number of carbonyl (C=O) groups is 1. The summed E-state index contributed by atoms with van der Waals surface area (Å²) < 4.78 is 8.37. The van der Waals surface area contributed by atoms with Gasteiger partial charge < -0.3 is 9.30 Å². The molecule has 0 spiro atoms. The van der Waals surface area contributed by atoms with Gasteiger partial charge in [0, 0.05) is 24.2 Å². The van der Waals surface area contributed by atoms with Gasteiger partial charge in [0.05, 0.1) is 21.7 Å². The predicted molar refractivity (Wildman–Crippen MR) is 114 cm³/mol. The molecule has 0 aliphatic heterocycles. The van der Waals surface area contributed by atoms with Gasteiger partial charge in [0.2, 0.25) is 0 Å². The number of aryl methyl sites for hydroxylation is 2. The summed E-state index contributed by atoms with van der Waals surface area (Å²) in [6.45, 7) is 7.53. The second kappa shape index (κ2) is 8.86. The van der Waals surface area contributed by atoms with Crippen molar-refractivity contribution in [3.63, 3.8) is 0 Å². The Hall–Kier alpha value is -2.55. The second-order valence-corrected chi connectivity index (χ2v) is 7.92. The molecule has 0 N–H and O–H groups in total. The van der Waals surface area contributed by atoms with Crippen molar-refractivity contribution >= 4 is 44.7 Å². The Morgan fingerprint density at radius 2 is 2.00 bits per heavy atom. The van der Waals surface area contributed by atoms with Crippen LogP contribution < -0.4 is 4.80 Å². The average molecular weight is 434 g/mol. The lowest BCUT2D eigenvalue weighted by atomic mass is 10.1. The fraction of sp³-hybridized carbons (Fsp3) is 0.300. The van der Waals surface area contributed by atoms with E-state index in [9.17, 15) is 14.9 Å². The highest BCUT2D eigenvalue weighted by molar-refractivity contribution is 7.16. The number of carbonyl (C=O) groups excluding carboxylic acids is 1. The van der Waals surface area contributed by atoms with Crippen LogP contribution in [0.1, 0.15) is 28.4 Å². The van der Waals surface area contributed by atoms with Gasteiger partial charge in [-0.1, -0.05) is 22.9 Å². The Kier molecular flexibility index (Phi) is 6.46. The molecule has 0 fully saturated rings. The molecule has 3 rings (SSSR count). The number of aromatic nitrogens is 1. The van der Waals surface area contributed by atoms with Gasteiger partial charge in [0.15, 0.2) is 4.80 Å². The number of ether oxygens (including phenoxy) is 1. The Bertz CT molecular complexity index is 1170. The quantitative estimate of drug-likeness (QED) is 0.321. The summed E-state index contributed by atoms with van der Waals surface area (Å²) in [7, 11) is 0. The molecule has 7 nitrogen and oxygen atoms in total. The summed E-state index contributed by atoms with van der Waals surface area (Å²) in [5.74, 6) is -0.704. The van der Waals surface area contributed by atoms with Crippen molar-refractivity contribution in [2.45, 2.75) is 27.3 Å². The van der Waals surface area contributed by atoms with E-state index in [1.54, 1.807) is 0 Å². The maximum Gasteiger partial charge on any atom is 0.286 e. The molecule has 152 valence electrons. The maximum absolute atomic E-state index is 12.8. The first-order valence-corrected chi connectivity index (χ1v) is 10.2. The molecule has 29 heavy (non-hydrogen) atoms. The molecule has 2 aromatic carbocycles. The summed E-state index contributed by atoms with van der Waals surface area (Å²) in [5.41, 5.74) is 2.76. The van der Waals surface area contributed by atoms with Crippen LogP contribution in [0.2, 0.25) is 5.02 Å². The number of halogens is 1. The third-order valence-corrected chi connectivity index (χ3v) is 5.82. The van der Waals surface area contributed by atoms with Crippen molar-refractivity contribution in [2.75, 3.05) is 13.2 Å². The lowest BCUT2D eigenvalue weighted by Crippen LogP contribution is -2.20. The monoisotopic (exact) mass is 433 g/mol. The van der Waals surface area contributed by atoms with Crippen LogP contribution in [-0.2, 0) is 11.3 Å². The highest BCUT2D eigenvalue weighted by atomic mass is 35.5. The van der Waals surface area contributed by atoms with Crippen LogP contribution in [0.5, 0.6) is 0 Å². The smallest absolute Gasteiger partial charge is 0.286 e. The topological polar surface area (TPSA) is 86.7 Å². The van der Waals surface area contributed by atoms with Gasteiger partial charge in [-0.05, 0) is 56.2 Å². The van der Waals surface area contributed by atoms with Crippen molar-refractivity contribution in [2.24, 2.45) is 4.99 Å². The number of hydrogen-bond acceptors (Lipinski definition) is 5. The molecule has 0 radical (unpaired) electrons. The Morgan fingerprint density at radius 1 is 1.28 bits per heavy atom. The van der Waals surface area contributed by atoms with E-state index in [0.29, 0.717) is 24.6 Å². The zero-order valence-electron chi connectivity index (χ0n) is 16.3. The largest absolute Gasteiger partial charge is 0.380 e. The molecule has 0 aliphatic carbocycles. The molecule has 0 aliphatic rings. The number of thiazole rings is 1. The molecule has 0 atom stereocenters. The van der Waals surface area contributed by atoms with E-state index in [4.69, 9.17) is 16.3 Å². The Balaban J connectivity index is 2.16. The van der Waals surface area contributed by atoms with Crippen LogP contribution in [0, 0.1) is 24.0 Å². The maximum atomic E-state index is 12.8. The number of nitro groups is 1. The highest BCUT2D eigenvalue weighted by Crippen LogP contribution is 2.25. The Labute approximate surface area is 176 Å². The third-order valence-electron chi connectivity index (χ3n) is 4.54. The van der Waals surface area contributed by atoms with E-state index in [-0.39, 0.29) is 16.3 Å². The first-order chi connectivity index (χ1) is 13.8. The summed E-state index contributed by atoms with van der Waals surface area (Å²) in [6.07, 6.45) is 0. The Morgan fingerprint density at radius 3 is 2.69 bits per heavy atom. The predicted octanol–water partition coefficient (Wildman–Crippen LogP) is 4.66. The average Bonchev–Trinajstić information content (AvgIpc) is 2.98. The van der Waals surface area contributed by atoms with E-state index >= 15 is 0 Å². The minimum atomic E-state index is -0.704. The molecule has 0 saturated carbocycles. The highest BCUT2D eigenvalue weighted by Gasteiger charge is 2.21.